The van der Waals surface area contributed by atoms with E-state index in [2.05, 4.69) is 4.90 Å². The molecule has 0 spiro atoms. The third kappa shape index (κ3) is 2.94. The first kappa shape index (κ1) is 12.3. The Morgan fingerprint density at radius 3 is 2.81 bits per heavy atom. The van der Waals surface area contributed by atoms with E-state index < -0.39 is 0 Å². The van der Waals surface area contributed by atoms with Crippen LogP contribution in [0.25, 0.3) is 0 Å². The average Bonchev–Trinajstić information content (AvgIpc) is 2.81. The van der Waals surface area contributed by atoms with Crippen LogP contribution in [0.3, 0.4) is 0 Å². The van der Waals surface area contributed by atoms with Gasteiger partial charge in [-0.1, -0.05) is 0 Å². The minimum absolute atomic E-state index is 0.449. The van der Waals surface area contributed by atoms with Crippen molar-refractivity contribution in [2.75, 3.05) is 46.6 Å². The predicted octanol–water partition coefficient (Wildman–Crippen LogP) is 0.319. The van der Waals surface area contributed by atoms with E-state index in [0.29, 0.717) is 19.3 Å². The van der Waals surface area contributed by atoms with Gasteiger partial charge in [-0.3, -0.25) is 0 Å². The highest BCUT2D eigenvalue weighted by atomic mass is 16.5. The lowest BCUT2D eigenvalue weighted by Gasteiger charge is -2.18. The molecule has 94 valence electrons. The van der Waals surface area contributed by atoms with E-state index >= 15 is 0 Å². The zero-order valence-electron chi connectivity index (χ0n) is 10.2. The van der Waals surface area contributed by atoms with Crippen molar-refractivity contribution in [2.45, 2.75) is 18.9 Å². The molecule has 0 aromatic heterocycles. The second-order valence-electron chi connectivity index (χ2n) is 5.03. The summed E-state index contributed by atoms with van der Waals surface area (Å²) in [6, 6.07) is 0.449. The topological polar surface area (TPSA) is 47.7 Å². The number of ether oxygens (including phenoxy) is 2. The van der Waals surface area contributed by atoms with Crippen molar-refractivity contribution in [1.29, 1.82) is 0 Å². The van der Waals surface area contributed by atoms with Gasteiger partial charge in [-0.25, -0.2) is 0 Å². The third-order valence-electron chi connectivity index (χ3n) is 3.97. The molecule has 0 amide bonds. The Morgan fingerprint density at radius 1 is 1.19 bits per heavy atom. The van der Waals surface area contributed by atoms with Crippen LogP contribution in [0.4, 0.5) is 0 Å². The summed E-state index contributed by atoms with van der Waals surface area (Å²) in [4.78, 5) is 2.50. The Hall–Kier alpha value is -0.160. The Morgan fingerprint density at radius 2 is 2.06 bits per heavy atom. The van der Waals surface area contributed by atoms with E-state index in [0.717, 1.165) is 25.0 Å². The van der Waals surface area contributed by atoms with Crippen LogP contribution >= 0.6 is 0 Å². The second-order valence-corrected chi connectivity index (χ2v) is 5.03. The van der Waals surface area contributed by atoms with Crippen molar-refractivity contribution in [3.8, 4) is 0 Å². The number of methoxy groups -OCH3 is 1. The summed E-state index contributed by atoms with van der Waals surface area (Å²) in [6.45, 7) is 5.67. The van der Waals surface area contributed by atoms with Crippen LogP contribution in [-0.4, -0.2) is 57.5 Å². The molecule has 2 N–H and O–H groups in total. The van der Waals surface area contributed by atoms with Crippen LogP contribution in [0.2, 0.25) is 0 Å². The molecule has 1 saturated heterocycles. The summed E-state index contributed by atoms with van der Waals surface area (Å²) in [6.07, 6.45) is 2.56. The van der Waals surface area contributed by atoms with E-state index in [1.165, 1.54) is 25.9 Å². The fraction of sp³-hybridized carbons (Fsp3) is 1.00. The fourth-order valence-electron chi connectivity index (χ4n) is 3.02. The Bertz CT molecular complexity index is 213. The molecule has 0 radical (unpaired) electrons. The maximum absolute atomic E-state index is 6.10. The molecule has 1 saturated carbocycles. The van der Waals surface area contributed by atoms with Crippen molar-refractivity contribution in [3.63, 3.8) is 0 Å². The molecule has 1 heterocycles. The van der Waals surface area contributed by atoms with Crippen molar-refractivity contribution in [1.82, 2.24) is 4.90 Å². The van der Waals surface area contributed by atoms with Gasteiger partial charge in [-0.15, -0.1) is 0 Å². The second kappa shape index (κ2) is 5.96. The summed E-state index contributed by atoms with van der Waals surface area (Å²) in [7, 11) is 1.70. The lowest BCUT2D eigenvalue weighted by Crippen LogP contribution is -2.31. The van der Waals surface area contributed by atoms with Crippen molar-refractivity contribution in [3.05, 3.63) is 0 Å². The number of nitrogens with zero attached hydrogens (tertiary/aromatic N) is 1. The van der Waals surface area contributed by atoms with E-state index in [1.807, 2.05) is 0 Å². The van der Waals surface area contributed by atoms with Gasteiger partial charge in [0, 0.05) is 32.8 Å². The summed E-state index contributed by atoms with van der Waals surface area (Å²) >= 11 is 0. The first-order valence-corrected chi connectivity index (χ1v) is 6.36. The molecule has 1 aliphatic heterocycles. The SMILES string of the molecule is COCCOCCN1CC2CCC(N)C2C1. The van der Waals surface area contributed by atoms with Gasteiger partial charge in [0.1, 0.15) is 0 Å². The molecule has 16 heavy (non-hydrogen) atoms. The normalized spacial score (nSPS) is 34.5. The molecular formula is C12H24N2O2. The number of fused-ring (bicyclic) bond motifs is 1. The van der Waals surface area contributed by atoms with Gasteiger partial charge in [0.2, 0.25) is 0 Å². The van der Waals surface area contributed by atoms with Gasteiger partial charge in [0.25, 0.3) is 0 Å². The Balaban J connectivity index is 1.59. The minimum Gasteiger partial charge on any atom is -0.382 e. The summed E-state index contributed by atoms with van der Waals surface area (Å²) in [5, 5.41) is 0. The summed E-state index contributed by atoms with van der Waals surface area (Å²) in [5.41, 5.74) is 6.10. The van der Waals surface area contributed by atoms with Crippen LogP contribution in [0.15, 0.2) is 0 Å². The standard InChI is InChI=1S/C12H24N2O2/c1-15-6-7-16-5-4-14-8-10-2-3-12(13)11(10)9-14/h10-12H,2-9,13H2,1H3. The molecule has 2 rings (SSSR count). The highest BCUT2D eigenvalue weighted by Crippen LogP contribution is 2.36. The molecule has 4 heteroatoms. The highest BCUT2D eigenvalue weighted by Gasteiger charge is 2.40. The van der Waals surface area contributed by atoms with Crippen LogP contribution in [0.5, 0.6) is 0 Å². The molecule has 2 fully saturated rings. The number of rotatable bonds is 6. The van der Waals surface area contributed by atoms with E-state index in [4.69, 9.17) is 15.2 Å². The summed E-state index contributed by atoms with van der Waals surface area (Å²) < 4.78 is 10.4. The zero-order chi connectivity index (χ0) is 11.4. The molecule has 2 aliphatic rings. The van der Waals surface area contributed by atoms with Crippen LogP contribution in [-0.2, 0) is 9.47 Å². The molecule has 0 aromatic rings. The van der Waals surface area contributed by atoms with E-state index in [-0.39, 0.29) is 0 Å². The Kier molecular flexibility index (Phi) is 4.58. The lowest BCUT2D eigenvalue weighted by molar-refractivity contribution is 0.0593. The van der Waals surface area contributed by atoms with E-state index in [9.17, 15) is 0 Å². The van der Waals surface area contributed by atoms with Gasteiger partial charge in [0.15, 0.2) is 0 Å². The molecular weight excluding hydrogens is 204 g/mol. The van der Waals surface area contributed by atoms with Crippen molar-refractivity contribution < 1.29 is 9.47 Å². The van der Waals surface area contributed by atoms with Crippen LogP contribution < -0.4 is 5.73 Å². The molecule has 1 aliphatic carbocycles. The van der Waals surface area contributed by atoms with Crippen molar-refractivity contribution in [2.24, 2.45) is 17.6 Å². The monoisotopic (exact) mass is 228 g/mol. The number of hydrogen-bond donors (Lipinski definition) is 1. The van der Waals surface area contributed by atoms with Crippen LogP contribution in [0.1, 0.15) is 12.8 Å². The maximum Gasteiger partial charge on any atom is 0.0700 e. The van der Waals surface area contributed by atoms with Crippen molar-refractivity contribution >= 4 is 0 Å². The minimum atomic E-state index is 0.449. The van der Waals surface area contributed by atoms with Gasteiger partial charge in [-0.2, -0.15) is 0 Å². The third-order valence-corrected chi connectivity index (χ3v) is 3.97. The van der Waals surface area contributed by atoms with Crippen LogP contribution in [0, 0.1) is 11.8 Å². The lowest BCUT2D eigenvalue weighted by atomic mass is 9.98. The summed E-state index contributed by atoms with van der Waals surface area (Å²) in [5.74, 6) is 1.60. The fourth-order valence-corrected chi connectivity index (χ4v) is 3.02. The number of likely N-dealkylation sites (tertiary alicyclic amines) is 1. The van der Waals surface area contributed by atoms with Gasteiger partial charge in [0.05, 0.1) is 19.8 Å². The zero-order valence-corrected chi connectivity index (χ0v) is 10.2. The highest BCUT2D eigenvalue weighted by molar-refractivity contribution is 4.95. The largest absolute Gasteiger partial charge is 0.382 e. The Labute approximate surface area is 98.1 Å². The molecule has 3 atom stereocenters. The average molecular weight is 228 g/mol. The van der Waals surface area contributed by atoms with Gasteiger partial charge in [-0.05, 0) is 24.7 Å². The first-order valence-electron chi connectivity index (χ1n) is 6.36. The molecule has 0 bridgehead atoms. The number of hydrogen-bond acceptors (Lipinski definition) is 4. The quantitative estimate of drug-likeness (QED) is 0.665. The molecule has 4 nitrogen and oxygen atoms in total. The van der Waals surface area contributed by atoms with Gasteiger partial charge >= 0.3 is 0 Å². The number of nitrogens with two attached hydrogens (primary N) is 1. The smallest absolute Gasteiger partial charge is 0.0700 e. The first-order chi connectivity index (χ1) is 7.81. The maximum atomic E-state index is 6.10. The molecule has 3 unspecified atom stereocenters. The predicted molar refractivity (Wildman–Crippen MR) is 63.3 cm³/mol. The van der Waals surface area contributed by atoms with E-state index in [1.54, 1.807) is 7.11 Å². The van der Waals surface area contributed by atoms with Gasteiger partial charge < -0.3 is 20.1 Å². The molecule has 0 aromatic carbocycles.